The van der Waals surface area contributed by atoms with Gasteiger partial charge in [-0.3, -0.25) is 0 Å². The molecule has 0 aromatic heterocycles. The second kappa shape index (κ2) is 15.1. The van der Waals surface area contributed by atoms with Crippen LogP contribution in [-0.4, -0.2) is 12.3 Å². The quantitative estimate of drug-likeness (QED) is 0.160. The number of hydrogen-bond acceptors (Lipinski definition) is 3. The molecule has 0 spiro atoms. The van der Waals surface area contributed by atoms with Gasteiger partial charge in [0.25, 0.3) is 6.71 Å². The normalized spacial score (nSPS) is 19.3. The molecule has 1 fully saturated rings. The monoisotopic (exact) mass is 869 g/mol. The molecule has 8 aromatic rings. The van der Waals surface area contributed by atoms with E-state index in [0.29, 0.717) is 0 Å². The lowest BCUT2D eigenvalue weighted by molar-refractivity contribution is 0.215. The van der Waals surface area contributed by atoms with Crippen molar-refractivity contribution in [3.05, 3.63) is 210 Å². The largest absolute Gasteiger partial charge is 0.334 e. The highest BCUT2D eigenvalue weighted by Gasteiger charge is 2.61. The average Bonchev–Trinajstić information content (AvgIpc) is 3.59. The molecular weight excluding hydrogens is 810 g/mol. The first kappa shape index (κ1) is 41.6. The molecule has 0 saturated heterocycles. The van der Waals surface area contributed by atoms with Crippen molar-refractivity contribution in [3.8, 4) is 11.1 Å². The smallest absolute Gasteiger partial charge is 0.252 e. The zero-order valence-corrected chi connectivity index (χ0v) is 40.1. The van der Waals surface area contributed by atoms with Crippen LogP contribution in [0.25, 0.3) is 11.1 Å². The van der Waals surface area contributed by atoms with Crippen LogP contribution in [0.4, 0.5) is 45.5 Å². The van der Waals surface area contributed by atoms with Gasteiger partial charge >= 0.3 is 0 Å². The minimum Gasteiger partial charge on any atom is -0.334 e. The van der Waals surface area contributed by atoms with E-state index >= 15 is 0 Å². The molecule has 2 atom stereocenters. The van der Waals surface area contributed by atoms with Crippen molar-refractivity contribution in [1.29, 1.82) is 0 Å². The van der Waals surface area contributed by atoms with E-state index in [1.54, 1.807) is 0 Å². The lowest BCUT2D eigenvalue weighted by atomic mass is 9.33. The minimum absolute atomic E-state index is 0.0237. The first-order chi connectivity index (χ1) is 32.4. The van der Waals surface area contributed by atoms with Crippen LogP contribution in [-0.2, 0) is 16.2 Å². The van der Waals surface area contributed by atoms with Gasteiger partial charge in [-0.05, 0) is 129 Å². The van der Waals surface area contributed by atoms with Crippen molar-refractivity contribution in [2.75, 3.05) is 14.7 Å². The molecule has 4 heteroatoms. The first-order valence-corrected chi connectivity index (χ1v) is 24.6. The molecule has 0 radical (unpaired) electrons. The van der Waals surface area contributed by atoms with Gasteiger partial charge in [0.2, 0.25) is 0 Å². The summed E-state index contributed by atoms with van der Waals surface area (Å²) >= 11 is 0. The van der Waals surface area contributed by atoms with E-state index in [2.05, 4.69) is 251 Å². The average molecular weight is 870 g/mol. The molecule has 8 aromatic carbocycles. The van der Waals surface area contributed by atoms with Crippen molar-refractivity contribution in [2.24, 2.45) is 0 Å². The van der Waals surface area contributed by atoms with Crippen LogP contribution in [0.15, 0.2) is 188 Å². The van der Waals surface area contributed by atoms with E-state index in [1.165, 1.54) is 102 Å². The van der Waals surface area contributed by atoms with Crippen molar-refractivity contribution < 1.29 is 0 Å². The Morgan fingerprint density at radius 2 is 0.985 bits per heavy atom. The zero-order valence-electron chi connectivity index (χ0n) is 40.1. The second-order valence-corrected chi connectivity index (χ2v) is 21.9. The SMILES string of the molecule is CC(C)(C)c1ccc(C23CCCCC2(C)N(c2cc4c5c(c2)N(c2ccc(C(C)(C)C)cc2-c2ccccc2)c2ccccc2B5c2ccccc2N4c2ccccc2)c2ccccc23)cc1. The van der Waals surface area contributed by atoms with Gasteiger partial charge in [0.05, 0.1) is 11.2 Å². The third-order valence-corrected chi connectivity index (χ3v) is 16.1. The third-order valence-electron chi connectivity index (χ3n) is 16.1. The molecular formula is C63H60BN3. The number of nitrogens with zero attached hydrogens (tertiary/aromatic N) is 3. The maximum absolute atomic E-state index is 2.80. The predicted molar refractivity (Wildman–Crippen MR) is 286 cm³/mol. The molecule has 2 unspecified atom stereocenters. The molecule has 3 aliphatic heterocycles. The number of fused-ring (bicyclic) bond motifs is 7. The third kappa shape index (κ3) is 6.17. The van der Waals surface area contributed by atoms with Crippen LogP contribution in [0.1, 0.15) is 96.4 Å². The van der Waals surface area contributed by atoms with Gasteiger partial charge < -0.3 is 14.7 Å². The van der Waals surface area contributed by atoms with E-state index in [4.69, 9.17) is 0 Å². The van der Waals surface area contributed by atoms with E-state index < -0.39 is 0 Å². The van der Waals surface area contributed by atoms with Gasteiger partial charge in [-0.2, -0.15) is 0 Å². The maximum atomic E-state index is 2.80. The fraction of sp³-hybridized carbons (Fsp3) is 0.238. The zero-order chi connectivity index (χ0) is 45.9. The Bertz CT molecular complexity index is 3200. The summed E-state index contributed by atoms with van der Waals surface area (Å²) in [6.07, 6.45) is 4.58. The molecule has 3 nitrogen and oxygen atoms in total. The fourth-order valence-corrected chi connectivity index (χ4v) is 12.8. The number of hydrogen-bond donors (Lipinski definition) is 0. The van der Waals surface area contributed by atoms with Gasteiger partial charge in [-0.15, -0.1) is 0 Å². The highest BCUT2D eigenvalue weighted by molar-refractivity contribution is 7.00. The summed E-state index contributed by atoms with van der Waals surface area (Å²) in [6, 6.07) is 72.1. The highest BCUT2D eigenvalue weighted by Crippen LogP contribution is 2.64. The highest BCUT2D eigenvalue weighted by atomic mass is 15.3. The van der Waals surface area contributed by atoms with Crippen LogP contribution in [0.2, 0.25) is 0 Å². The van der Waals surface area contributed by atoms with Gasteiger partial charge in [-0.25, -0.2) is 0 Å². The molecule has 330 valence electrons. The van der Waals surface area contributed by atoms with E-state index in [9.17, 15) is 0 Å². The second-order valence-electron chi connectivity index (χ2n) is 21.9. The molecule has 67 heavy (non-hydrogen) atoms. The molecule has 3 heterocycles. The predicted octanol–water partition coefficient (Wildman–Crippen LogP) is 14.8. The number of rotatable bonds is 5. The van der Waals surface area contributed by atoms with Crippen LogP contribution in [0, 0.1) is 0 Å². The summed E-state index contributed by atoms with van der Waals surface area (Å²) in [5.74, 6) is 0. The molecule has 1 aliphatic carbocycles. The summed E-state index contributed by atoms with van der Waals surface area (Å²) in [6.45, 7) is 16.6. The molecule has 1 saturated carbocycles. The van der Waals surface area contributed by atoms with Crippen molar-refractivity contribution >= 4 is 68.6 Å². The molecule has 12 rings (SSSR count). The molecule has 0 bridgehead atoms. The summed E-state index contributed by atoms with van der Waals surface area (Å²) in [4.78, 5) is 7.99. The maximum Gasteiger partial charge on any atom is 0.252 e. The number of para-hydroxylation sites is 4. The van der Waals surface area contributed by atoms with Gasteiger partial charge in [0.15, 0.2) is 0 Å². The standard InChI is InChI=1S/C63H60BN3/c1-60(2,3)44-32-34-45(35-33-44)63-39-21-20-38-62(63,7)67(54-29-17-14-26-50(54)63)48-41-57-59-58(42-48)66(53-37-36-46(61(4,5)6)40-49(53)43-22-10-8-11-23-43)56-31-19-16-28-52(56)64(59)51-27-15-18-30-55(51)65(57)47-24-12-9-13-25-47/h8-19,22-37,40-42H,20-21,38-39H2,1-7H3. The molecule has 4 aliphatic rings. The van der Waals surface area contributed by atoms with Crippen molar-refractivity contribution in [2.45, 2.75) is 95.9 Å². The number of anilines is 8. The van der Waals surface area contributed by atoms with Crippen LogP contribution in [0.3, 0.4) is 0 Å². The Kier molecular flexibility index (Phi) is 9.40. The van der Waals surface area contributed by atoms with Gasteiger partial charge in [-0.1, -0.05) is 188 Å². The minimum atomic E-state index is -0.246. The summed E-state index contributed by atoms with van der Waals surface area (Å²) in [5.41, 5.74) is 21.5. The van der Waals surface area contributed by atoms with Crippen molar-refractivity contribution in [3.63, 3.8) is 0 Å². The van der Waals surface area contributed by atoms with Gasteiger partial charge in [0, 0.05) is 50.8 Å². The molecule has 0 amide bonds. The van der Waals surface area contributed by atoms with Crippen LogP contribution < -0.4 is 31.1 Å². The Labute approximate surface area is 398 Å². The van der Waals surface area contributed by atoms with E-state index in [1.807, 2.05) is 0 Å². The Morgan fingerprint density at radius 1 is 0.448 bits per heavy atom. The van der Waals surface area contributed by atoms with E-state index in [-0.39, 0.29) is 28.5 Å². The lowest BCUT2D eigenvalue weighted by Crippen LogP contribution is -2.61. The Hall–Kier alpha value is -6.78. The van der Waals surface area contributed by atoms with Gasteiger partial charge in [0.1, 0.15) is 0 Å². The Morgan fingerprint density at radius 3 is 1.64 bits per heavy atom. The Balaban J connectivity index is 1.18. The number of benzene rings is 8. The van der Waals surface area contributed by atoms with Crippen LogP contribution >= 0.6 is 0 Å². The fourth-order valence-electron chi connectivity index (χ4n) is 12.8. The summed E-state index contributed by atoms with van der Waals surface area (Å²) in [5, 5.41) is 0. The summed E-state index contributed by atoms with van der Waals surface area (Å²) in [7, 11) is 0. The topological polar surface area (TPSA) is 9.72 Å². The van der Waals surface area contributed by atoms with E-state index in [0.717, 1.165) is 18.5 Å². The molecule has 0 N–H and O–H groups in total. The first-order valence-electron chi connectivity index (χ1n) is 24.6. The van der Waals surface area contributed by atoms with Crippen molar-refractivity contribution in [1.82, 2.24) is 0 Å². The van der Waals surface area contributed by atoms with Crippen LogP contribution in [0.5, 0.6) is 0 Å². The summed E-state index contributed by atoms with van der Waals surface area (Å²) < 4.78 is 0. The lowest BCUT2D eigenvalue weighted by Gasteiger charge is -2.53.